The van der Waals surface area contributed by atoms with Crippen LogP contribution in [-0.2, 0) is 0 Å². The number of aliphatic hydroxyl groups is 1. The number of carbonyl (C=O) groups is 2. The van der Waals surface area contributed by atoms with E-state index in [4.69, 9.17) is 5.11 Å². The van der Waals surface area contributed by atoms with Gasteiger partial charge in [-0.25, -0.2) is 0 Å². The van der Waals surface area contributed by atoms with Gasteiger partial charge in [0.05, 0.1) is 6.61 Å². The molecule has 0 saturated carbocycles. The zero-order valence-corrected chi connectivity index (χ0v) is 12.3. The van der Waals surface area contributed by atoms with Crippen LogP contribution >= 0.6 is 0 Å². The summed E-state index contributed by atoms with van der Waals surface area (Å²) in [4.78, 5) is 23.9. The summed E-state index contributed by atoms with van der Waals surface area (Å²) < 4.78 is 0. The quantitative estimate of drug-likeness (QED) is 0.789. The van der Waals surface area contributed by atoms with Crippen molar-refractivity contribution < 1.29 is 14.7 Å². The van der Waals surface area contributed by atoms with Gasteiger partial charge < -0.3 is 15.7 Å². The summed E-state index contributed by atoms with van der Waals surface area (Å²) in [6.45, 7) is 2.03. The minimum atomic E-state index is -0.291. The molecule has 22 heavy (non-hydrogen) atoms. The first-order valence-corrected chi connectivity index (χ1v) is 6.97. The fraction of sp³-hybridized carbons (Fsp3) is 0.176. The van der Waals surface area contributed by atoms with Crippen molar-refractivity contribution in [3.63, 3.8) is 0 Å². The fourth-order valence-electron chi connectivity index (χ4n) is 1.92. The maximum atomic E-state index is 12.1. The molecule has 2 amide bonds. The number of hydrogen-bond acceptors (Lipinski definition) is 3. The lowest BCUT2D eigenvalue weighted by atomic mass is 10.1. The molecule has 0 saturated heterocycles. The number of hydrogen-bond donors (Lipinski definition) is 3. The standard InChI is InChI=1S/C17H18N2O3/c1-12-5-7-13(8-6-12)17(22)19-15-4-2-3-14(11-15)16(21)18-9-10-20/h2-8,11,20H,9-10H2,1H3,(H,18,21)(H,19,22). The molecule has 0 bridgehead atoms. The lowest BCUT2D eigenvalue weighted by molar-refractivity contribution is 0.0943. The first-order valence-electron chi connectivity index (χ1n) is 6.97. The number of rotatable bonds is 5. The molecule has 0 aromatic heterocycles. The van der Waals surface area contributed by atoms with Gasteiger partial charge in [-0.15, -0.1) is 0 Å². The largest absolute Gasteiger partial charge is 0.395 e. The third-order valence-electron chi connectivity index (χ3n) is 3.09. The highest BCUT2D eigenvalue weighted by molar-refractivity contribution is 6.05. The molecule has 5 heteroatoms. The second-order valence-corrected chi connectivity index (χ2v) is 4.88. The van der Waals surface area contributed by atoms with Crippen LogP contribution in [0.15, 0.2) is 48.5 Å². The zero-order valence-electron chi connectivity index (χ0n) is 12.3. The van der Waals surface area contributed by atoms with E-state index in [2.05, 4.69) is 10.6 Å². The van der Waals surface area contributed by atoms with Crippen molar-refractivity contribution in [1.82, 2.24) is 5.32 Å². The van der Waals surface area contributed by atoms with E-state index in [1.54, 1.807) is 36.4 Å². The topological polar surface area (TPSA) is 78.4 Å². The molecule has 3 N–H and O–H groups in total. The summed E-state index contributed by atoms with van der Waals surface area (Å²) in [5, 5.41) is 14.0. The van der Waals surface area contributed by atoms with Gasteiger partial charge >= 0.3 is 0 Å². The Hall–Kier alpha value is -2.66. The summed E-state index contributed by atoms with van der Waals surface area (Å²) in [5.74, 6) is -0.520. The Morgan fingerprint density at radius 3 is 2.41 bits per heavy atom. The van der Waals surface area contributed by atoms with Gasteiger partial charge in [-0.2, -0.15) is 0 Å². The van der Waals surface area contributed by atoms with Gasteiger partial charge in [-0.3, -0.25) is 9.59 Å². The van der Waals surface area contributed by atoms with Gasteiger partial charge in [0.25, 0.3) is 11.8 Å². The third-order valence-corrected chi connectivity index (χ3v) is 3.09. The van der Waals surface area contributed by atoms with Crippen LogP contribution in [0, 0.1) is 6.92 Å². The first kappa shape index (κ1) is 15.7. The van der Waals surface area contributed by atoms with Crippen molar-refractivity contribution in [1.29, 1.82) is 0 Å². The molecule has 2 aromatic carbocycles. The maximum absolute atomic E-state index is 12.1. The Kier molecular flexibility index (Phi) is 5.27. The number of nitrogens with one attached hydrogen (secondary N) is 2. The molecular weight excluding hydrogens is 280 g/mol. The van der Waals surface area contributed by atoms with Crippen LogP contribution in [-0.4, -0.2) is 30.1 Å². The van der Waals surface area contributed by atoms with E-state index in [1.807, 2.05) is 19.1 Å². The van der Waals surface area contributed by atoms with Gasteiger partial charge in [-0.05, 0) is 37.3 Å². The van der Waals surface area contributed by atoms with Crippen molar-refractivity contribution in [2.24, 2.45) is 0 Å². The van der Waals surface area contributed by atoms with Gasteiger partial charge in [0.15, 0.2) is 0 Å². The van der Waals surface area contributed by atoms with Crippen molar-refractivity contribution in [3.8, 4) is 0 Å². The van der Waals surface area contributed by atoms with E-state index in [-0.39, 0.29) is 25.0 Å². The molecular formula is C17H18N2O3. The average molecular weight is 298 g/mol. The molecule has 0 heterocycles. The van der Waals surface area contributed by atoms with E-state index < -0.39 is 0 Å². The lowest BCUT2D eigenvalue weighted by Crippen LogP contribution is -2.26. The molecule has 0 aliphatic rings. The molecule has 0 fully saturated rings. The number of benzene rings is 2. The molecule has 0 aliphatic heterocycles. The monoisotopic (exact) mass is 298 g/mol. The summed E-state index contributed by atoms with van der Waals surface area (Å²) in [7, 11) is 0. The predicted octanol–water partition coefficient (Wildman–Crippen LogP) is 1.97. The third kappa shape index (κ3) is 4.17. The van der Waals surface area contributed by atoms with Crippen LogP contribution in [0.25, 0.3) is 0 Å². The summed E-state index contributed by atoms with van der Waals surface area (Å²) in [5.41, 5.74) is 2.61. The van der Waals surface area contributed by atoms with Crippen LogP contribution in [0.5, 0.6) is 0 Å². The van der Waals surface area contributed by atoms with Crippen molar-refractivity contribution in [3.05, 3.63) is 65.2 Å². The SMILES string of the molecule is Cc1ccc(C(=O)Nc2cccc(C(=O)NCCO)c2)cc1. The molecule has 5 nitrogen and oxygen atoms in total. The Balaban J connectivity index is 2.08. The van der Waals surface area contributed by atoms with E-state index in [0.29, 0.717) is 16.8 Å². The molecule has 2 rings (SSSR count). The Morgan fingerprint density at radius 1 is 1.00 bits per heavy atom. The molecule has 114 valence electrons. The average Bonchev–Trinajstić information content (AvgIpc) is 2.53. The van der Waals surface area contributed by atoms with E-state index >= 15 is 0 Å². The van der Waals surface area contributed by atoms with Gasteiger partial charge in [0.2, 0.25) is 0 Å². The number of aliphatic hydroxyl groups excluding tert-OH is 1. The van der Waals surface area contributed by atoms with Gasteiger partial charge in [-0.1, -0.05) is 23.8 Å². The van der Waals surface area contributed by atoms with Crippen LogP contribution < -0.4 is 10.6 Å². The number of carbonyl (C=O) groups excluding carboxylic acids is 2. The Bertz CT molecular complexity index is 666. The molecule has 2 aromatic rings. The number of anilines is 1. The van der Waals surface area contributed by atoms with E-state index in [1.165, 1.54) is 0 Å². The highest BCUT2D eigenvalue weighted by Crippen LogP contribution is 2.13. The normalized spacial score (nSPS) is 10.1. The van der Waals surface area contributed by atoms with Crippen LogP contribution in [0.2, 0.25) is 0 Å². The Morgan fingerprint density at radius 2 is 1.73 bits per heavy atom. The summed E-state index contributed by atoms with van der Waals surface area (Å²) in [6.07, 6.45) is 0. The van der Waals surface area contributed by atoms with Crippen LogP contribution in [0.4, 0.5) is 5.69 Å². The van der Waals surface area contributed by atoms with Crippen molar-refractivity contribution in [2.45, 2.75) is 6.92 Å². The second-order valence-electron chi connectivity index (χ2n) is 4.88. The van der Waals surface area contributed by atoms with Crippen LogP contribution in [0.3, 0.4) is 0 Å². The van der Waals surface area contributed by atoms with E-state index in [0.717, 1.165) is 5.56 Å². The van der Waals surface area contributed by atoms with Gasteiger partial charge in [0, 0.05) is 23.4 Å². The smallest absolute Gasteiger partial charge is 0.255 e. The number of aryl methyl sites for hydroxylation is 1. The fourth-order valence-corrected chi connectivity index (χ4v) is 1.92. The molecule has 0 atom stereocenters. The molecule has 0 radical (unpaired) electrons. The molecule has 0 spiro atoms. The summed E-state index contributed by atoms with van der Waals surface area (Å²) >= 11 is 0. The van der Waals surface area contributed by atoms with Gasteiger partial charge in [0.1, 0.15) is 0 Å². The maximum Gasteiger partial charge on any atom is 0.255 e. The minimum absolute atomic E-state index is 0.115. The minimum Gasteiger partial charge on any atom is -0.395 e. The Labute approximate surface area is 129 Å². The highest BCUT2D eigenvalue weighted by atomic mass is 16.3. The molecule has 0 unspecified atom stereocenters. The first-order chi connectivity index (χ1) is 10.6. The zero-order chi connectivity index (χ0) is 15.9. The van der Waals surface area contributed by atoms with E-state index in [9.17, 15) is 9.59 Å². The molecule has 0 aliphatic carbocycles. The second kappa shape index (κ2) is 7.38. The number of amides is 2. The van der Waals surface area contributed by atoms with Crippen LogP contribution in [0.1, 0.15) is 26.3 Å². The summed E-state index contributed by atoms with van der Waals surface area (Å²) in [6, 6.07) is 13.9. The lowest BCUT2D eigenvalue weighted by Gasteiger charge is -2.08. The van der Waals surface area contributed by atoms with Crippen molar-refractivity contribution >= 4 is 17.5 Å². The predicted molar refractivity (Wildman–Crippen MR) is 85.0 cm³/mol. The highest BCUT2D eigenvalue weighted by Gasteiger charge is 2.08. The van der Waals surface area contributed by atoms with Crippen molar-refractivity contribution in [2.75, 3.05) is 18.5 Å².